The summed E-state index contributed by atoms with van der Waals surface area (Å²) in [5.41, 5.74) is 1.95. The molecule has 0 bridgehead atoms. The summed E-state index contributed by atoms with van der Waals surface area (Å²) in [6, 6.07) is 4.04. The molecule has 0 saturated carbocycles. The molecule has 0 saturated heterocycles. The van der Waals surface area contributed by atoms with Gasteiger partial charge in [0.2, 0.25) is 0 Å². The van der Waals surface area contributed by atoms with Gasteiger partial charge in [0.1, 0.15) is 0 Å². The van der Waals surface area contributed by atoms with E-state index in [9.17, 15) is 4.79 Å². The van der Waals surface area contributed by atoms with Crippen molar-refractivity contribution in [3.8, 4) is 0 Å². The Labute approximate surface area is 87.3 Å². The summed E-state index contributed by atoms with van der Waals surface area (Å²) in [5.74, 6) is 0. The van der Waals surface area contributed by atoms with Crippen LogP contribution in [0.25, 0.3) is 0 Å². The van der Waals surface area contributed by atoms with Crippen molar-refractivity contribution in [1.82, 2.24) is 0 Å². The molecule has 0 radical (unpaired) electrons. The molecule has 0 N–H and O–H groups in total. The molecule has 0 aliphatic carbocycles. The average molecular weight is 212 g/mol. The fourth-order valence-electron chi connectivity index (χ4n) is 1.22. The van der Waals surface area contributed by atoms with Gasteiger partial charge in [0.15, 0.2) is 6.29 Å². The van der Waals surface area contributed by atoms with Crippen molar-refractivity contribution in [2.75, 3.05) is 12.5 Å². The molecule has 3 heteroatoms. The molecule has 0 aliphatic heterocycles. The van der Waals surface area contributed by atoms with Crippen LogP contribution in [0.3, 0.4) is 0 Å². The molecule has 0 spiro atoms. The summed E-state index contributed by atoms with van der Waals surface area (Å²) in [7, 11) is 0. The highest BCUT2D eigenvalue weighted by Gasteiger charge is 2.07. The van der Waals surface area contributed by atoms with E-state index < -0.39 is 0 Å². The van der Waals surface area contributed by atoms with E-state index in [2.05, 4.69) is 6.07 Å². The van der Waals surface area contributed by atoms with Crippen molar-refractivity contribution in [2.24, 2.45) is 0 Å². The highest BCUT2D eigenvalue weighted by Crippen LogP contribution is 2.31. The van der Waals surface area contributed by atoms with Gasteiger partial charge < -0.3 is 0 Å². The predicted molar refractivity (Wildman–Crippen MR) is 60.1 cm³/mol. The lowest BCUT2D eigenvalue weighted by atomic mass is 10.1. The maximum absolute atomic E-state index is 10.8. The van der Waals surface area contributed by atoms with Crippen molar-refractivity contribution >= 4 is 29.8 Å². The standard InChI is InChI=1S/C10H12OS2/c1-7-4-8(6-11)10(13-3)9(5-7)12-2/h4-6H,1-3H3. The summed E-state index contributed by atoms with van der Waals surface area (Å²) in [5, 5.41) is 0. The Morgan fingerprint density at radius 2 is 1.92 bits per heavy atom. The Balaban J connectivity index is 3.33. The Hall–Kier alpha value is -0.410. The lowest BCUT2D eigenvalue weighted by Gasteiger charge is -2.08. The van der Waals surface area contributed by atoms with Crippen molar-refractivity contribution < 1.29 is 4.79 Å². The maximum atomic E-state index is 10.8. The molecule has 13 heavy (non-hydrogen) atoms. The van der Waals surface area contributed by atoms with E-state index in [0.29, 0.717) is 0 Å². The Bertz CT molecular complexity index is 321. The molecule has 0 fully saturated rings. The van der Waals surface area contributed by atoms with Crippen LogP contribution in [0.15, 0.2) is 21.9 Å². The van der Waals surface area contributed by atoms with Crippen molar-refractivity contribution in [1.29, 1.82) is 0 Å². The number of carbonyl (C=O) groups is 1. The fourth-order valence-corrected chi connectivity index (χ4v) is 2.93. The third kappa shape index (κ3) is 2.29. The molecule has 1 nitrogen and oxygen atoms in total. The zero-order chi connectivity index (χ0) is 9.84. The van der Waals surface area contributed by atoms with Gasteiger partial charge in [-0.05, 0) is 37.1 Å². The van der Waals surface area contributed by atoms with Crippen molar-refractivity contribution in [2.45, 2.75) is 16.7 Å². The van der Waals surface area contributed by atoms with Gasteiger partial charge in [0.25, 0.3) is 0 Å². The third-order valence-electron chi connectivity index (χ3n) is 1.78. The van der Waals surface area contributed by atoms with Gasteiger partial charge in [-0.1, -0.05) is 0 Å². The van der Waals surface area contributed by atoms with Gasteiger partial charge in [-0.3, -0.25) is 4.79 Å². The van der Waals surface area contributed by atoms with Gasteiger partial charge in [-0.2, -0.15) is 0 Å². The minimum atomic E-state index is 0.803. The average Bonchev–Trinajstić information content (AvgIpc) is 2.16. The van der Waals surface area contributed by atoms with Gasteiger partial charge >= 0.3 is 0 Å². The van der Waals surface area contributed by atoms with Gasteiger partial charge in [0, 0.05) is 15.4 Å². The molecule has 70 valence electrons. The SMILES string of the molecule is CSc1cc(C)cc(C=O)c1SC. The number of thioether (sulfide) groups is 2. The largest absolute Gasteiger partial charge is 0.298 e. The minimum Gasteiger partial charge on any atom is -0.298 e. The summed E-state index contributed by atoms with van der Waals surface area (Å²) in [6.07, 6.45) is 4.96. The molecule has 1 aromatic rings. The van der Waals surface area contributed by atoms with Gasteiger partial charge in [0.05, 0.1) is 0 Å². The first kappa shape index (κ1) is 10.7. The molecule has 0 atom stereocenters. The lowest BCUT2D eigenvalue weighted by Crippen LogP contribution is -1.89. The molecule has 0 unspecified atom stereocenters. The first-order chi connectivity index (χ1) is 6.22. The molecule has 1 rings (SSSR count). The van der Waals surface area contributed by atoms with E-state index in [1.54, 1.807) is 23.5 Å². The second-order valence-corrected chi connectivity index (χ2v) is 4.37. The molecule has 0 heterocycles. The molecule has 0 aliphatic rings. The normalized spacial score (nSPS) is 10.1. The summed E-state index contributed by atoms with van der Waals surface area (Å²) in [6.45, 7) is 2.01. The molecule has 0 amide bonds. The second-order valence-electron chi connectivity index (χ2n) is 2.71. The van der Waals surface area contributed by atoms with Crippen LogP contribution < -0.4 is 0 Å². The molecule has 0 aromatic heterocycles. The summed E-state index contributed by atoms with van der Waals surface area (Å²) < 4.78 is 0. The predicted octanol–water partition coefficient (Wildman–Crippen LogP) is 3.25. The molecular formula is C10H12OS2. The van der Waals surface area contributed by atoms with Gasteiger partial charge in [-0.25, -0.2) is 0 Å². The monoisotopic (exact) mass is 212 g/mol. The highest BCUT2D eigenvalue weighted by molar-refractivity contribution is 8.01. The minimum absolute atomic E-state index is 0.803. The van der Waals surface area contributed by atoms with Crippen LogP contribution in [-0.2, 0) is 0 Å². The zero-order valence-corrected chi connectivity index (χ0v) is 9.59. The second kappa shape index (κ2) is 4.72. The van der Waals surface area contributed by atoms with E-state index >= 15 is 0 Å². The Morgan fingerprint density at radius 3 is 2.38 bits per heavy atom. The van der Waals surface area contributed by atoms with Crippen LogP contribution >= 0.6 is 23.5 Å². The smallest absolute Gasteiger partial charge is 0.151 e. The number of benzene rings is 1. The van der Waals surface area contributed by atoms with Gasteiger partial charge in [-0.15, -0.1) is 23.5 Å². The molecular weight excluding hydrogens is 200 g/mol. The van der Waals surface area contributed by atoms with Crippen molar-refractivity contribution in [3.63, 3.8) is 0 Å². The van der Waals surface area contributed by atoms with Crippen molar-refractivity contribution in [3.05, 3.63) is 23.3 Å². The maximum Gasteiger partial charge on any atom is 0.151 e. The fraction of sp³-hybridized carbons (Fsp3) is 0.300. The van der Waals surface area contributed by atoms with Crippen LogP contribution in [0.4, 0.5) is 0 Å². The molecule has 1 aromatic carbocycles. The van der Waals surface area contributed by atoms with E-state index in [0.717, 1.165) is 22.3 Å². The lowest BCUT2D eigenvalue weighted by molar-refractivity contribution is 0.112. The first-order valence-electron chi connectivity index (χ1n) is 3.90. The number of rotatable bonds is 3. The topological polar surface area (TPSA) is 17.1 Å². The number of aryl methyl sites for hydroxylation is 1. The van der Waals surface area contributed by atoms with E-state index in [-0.39, 0.29) is 0 Å². The van der Waals surface area contributed by atoms with Crippen LogP contribution in [0.5, 0.6) is 0 Å². The highest BCUT2D eigenvalue weighted by atomic mass is 32.2. The van der Waals surface area contributed by atoms with Crippen LogP contribution in [0, 0.1) is 6.92 Å². The van der Waals surface area contributed by atoms with Crippen LogP contribution in [0.1, 0.15) is 15.9 Å². The third-order valence-corrected chi connectivity index (χ3v) is 3.53. The van der Waals surface area contributed by atoms with E-state index in [4.69, 9.17) is 0 Å². The quantitative estimate of drug-likeness (QED) is 0.565. The number of hydrogen-bond donors (Lipinski definition) is 0. The summed E-state index contributed by atoms with van der Waals surface area (Å²) in [4.78, 5) is 13.1. The van der Waals surface area contributed by atoms with Crippen LogP contribution in [-0.4, -0.2) is 18.8 Å². The number of aldehydes is 1. The van der Waals surface area contributed by atoms with Crippen LogP contribution in [0.2, 0.25) is 0 Å². The number of carbonyl (C=O) groups excluding carboxylic acids is 1. The van der Waals surface area contributed by atoms with E-state index in [1.807, 2.05) is 25.5 Å². The Morgan fingerprint density at radius 1 is 1.23 bits per heavy atom. The first-order valence-corrected chi connectivity index (χ1v) is 6.35. The Kier molecular flexibility index (Phi) is 3.88. The number of hydrogen-bond acceptors (Lipinski definition) is 3. The van der Waals surface area contributed by atoms with E-state index in [1.165, 1.54) is 4.90 Å². The zero-order valence-electron chi connectivity index (χ0n) is 7.96. The summed E-state index contributed by atoms with van der Waals surface area (Å²) >= 11 is 3.31.